The predicted octanol–water partition coefficient (Wildman–Crippen LogP) is 0.136. The SMILES string of the molecule is COC(=O)CC(C)=O.[Zn]. The molecule has 4 heteroatoms. The minimum atomic E-state index is -0.475. The van der Waals surface area contributed by atoms with Crippen molar-refractivity contribution in [3.63, 3.8) is 0 Å². The largest absolute Gasteiger partial charge is 0.469 e. The van der Waals surface area contributed by atoms with Crippen LogP contribution in [0, 0.1) is 0 Å². The molecule has 0 bridgehead atoms. The van der Waals surface area contributed by atoms with Crippen LogP contribution in [0.2, 0.25) is 0 Å². The van der Waals surface area contributed by atoms with E-state index in [0.717, 1.165) is 0 Å². The Hall–Kier alpha value is -0.237. The molecule has 0 rings (SSSR count). The van der Waals surface area contributed by atoms with E-state index in [1.165, 1.54) is 14.0 Å². The predicted molar refractivity (Wildman–Crippen MR) is 27.3 cm³/mol. The molecule has 48 valence electrons. The monoisotopic (exact) mass is 180 g/mol. The van der Waals surface area contributed by atoms with Gasteiger partial charge in [0.2, 0.25) is 0 Å². The van der Waals surface area contributed by atoms with Gasteiger partial charge >= 0.3 is 5.97 Å². The summed E-state index contributed by atoms with van der Waals surface area (Å²) in [7, 11) is 1.26. The van der Waals surface area contributed by atoms with E-state index in [9.17, 15) is 9.59 Å². The number of carbonyl (C=O) groups is 2. The molecule has 9 heavy (non-hydrogen) atoms. The third kappa shape index (κ3) is 7.76. The molecule has 0 aliphatic carbocycles. The Morgan fingerprint density at radius 3 is 2.00 bits per heavy atom. The maximum atomic E-state index is 10.2. The Labute approximate surface area is 66.5 Å². The Bertz CT molecular complexity index is 111. The van der Waals surface area contributed by atoms with Crippen molar-refractivity contribution in [2.45, 2.75) is 13.3 Å². The van der Waals surface area contributed by atoms with Gasteiger partial charge in [-0.3, -0.25) is 9.59 Å². The summed E-state index contributed by atoms with van der Waals surface area (Å²) >= 11 is 0. The molecular formula is C5H8O3Zn. The maximum absolute atomic E-state index is 10.2. The molecule has 0 aromatic heterocycles. The second kappa shape index (κ2) is 5.89. The number of methoxy groups -OCH3 is 1. The van der Waals surface area contributed by atoms with E-state index in [2.05, 4.69) is 4.74 Å². The van der Waals surface area contributed by atoms with Crippen molar-refractivity contribution >= 4 is 11.8 Å². The molecule has 0 aromatic carbocycles. The molecule has 0 heterocycles. The first-order valence-corrected chi connectivity index (χ1v) is 2.23. The summed E-state index contributed by atoms with van der Waals surface area (Å²) < 4.78 is 4.20. The zero-order valence-electron chi connectivity index (χ0n) is 5.64. The third-order valence-electron chi connectivity index (χ3n) is 0.621. The second-order valence-corrected chi connectivity index (χ2v) is 1.45. The van der Waals surface area contributed by atoms with E-state index in [4.69, 9.17) is 0 Å². The van der Waals surface area contributed by atoms with Gasteiger partial charge in [0.05, 0.1) is 7.11 Å². The van der Waals surface area contributed by atoms with E-state index < -0.39 is 5.97 Å². The van der Waals surface area contributed by atoms with E-state index in [-0.39, 0.29) is 31.7 Å². The number of esters is 1. The van der Waals surface area contributed by atoms with Crippen molar-refractivity contribution in [3.8, 4) is 0 Å². The summed E-state index contributed by atoms with van der Waals surface area (Å²) in [5.41, 5.74) is 0. The maximum Gasteiger partial charge on any atom is 0.313 e. The Morgan fingerprint density at radius 2 is 1.89 bits per heavy atom. The Balaban J connectivity index is 0. The Morgan fingerprint density at radius 1 is 1.44 bits per heavy atom. The van der Waals surface area contributed by atoms with Gasteiger partial charge in [-0.25, -0.2) is 0 Å². The van der Waals surface area contributed by atoms with Crippen LogP contribution in [-0.4, -0.2) is 18.9 Å². The van der Waals surface area contributed by atoms with Gasteiger partial charge in [-0.2, -0.15) is 0 Å². The van der Waals surface area contributed by atoms with Crippen molar-refractivity contribution in [1.29, 1.82) is 0 Å². The molecule has 0 N–H and O–H groups in total. The van der Waals surface area contributed by atoms with Crippen LogP contribution in [0.3, 0.4) is 0 Å². The number of hydrogen-bond donors (Lipinski definition) is 0. The fourth-order valence-corrected chi connectivity index (χ4v) is 0.275. The fraction of sp³-hybridized carbons (Fsp3) is 0.600. The van der Waals surface area contributed by atoms with Crippen LogP contribution in [0.5, 0.6) is 0 Å². The van der Waals surface area contributed by atoms with E-state index in [1.54, 1.807) is 0 Å². The molecule has 0 aliphatic rings. The summed E-state index contributed by atoms with van der Waals surface area (Å²) in [6, 6.07) is 0. The minimum absolute atomic E-state index is 0. The average molecular weight is 182 g/mol. The quantitative estimate of drug-likeness (QED) is 0.346. The van der Waals surface area contributed by atoms with Crippen molar-refractivity contribution in [1.82, 2.24) is 0 Å². The molecular weight excluding hydrogens is 173 g/mol. The molecule has 0 atom stereocenters. The topological polar surface area (TPSA) is 43.4 Å². The van der Waals surface area contributed by atoms with Crippen LogP contribution >= 0.6 is 0 Å². The van der Waals surface area contributed by atoms with Gasteiger partial charge < -0.3 is 4.74 Å². The van der Waals surface area contributed by atoms with Gasteiger partial charge in [0.1, 0.15) is 12.2 Å². The zero-order valence-corrected chi connectivity index (χ0v) is 8.61. The first kappa shape index (κ1) is 11.5. The van der Waals surface area contributed by atoms with Gasteiger partial charge in [-0.05, 0) is 6.92 Å². The summed E-state index contributed by atoms with van der Waals surface area (Å²) in [6.07, 6.45) is -0.115. The zero-order chi connectivity index (χ0) is 6.57. The van der Waals surface area contributed by atoms with Gasteiger partial charge in [-0.1, -0.05) is 0 Å². The molecule has 0 fully saturated rings. The number of Topliss-reactive ketones (excluding diaryl/α,β-unsaturated/α-hetero) is 1. The van der Waals surface area contributed by atoms with Crippen molar-refractivity contribution in [2.24, 2.45) is 0 Å². The number of rotatable bonds is 2. The van der Waals surface area contributed by atoms with Gasteiger partial charge in [0.25, 0.3) is 0 Å². The Kier molecular flexibility index (Phi) is 7.56. The molecule has 0 saturated carbocycles. The number of ketones is 1. The summed E-state index contributed by atoms with van der Waals surface area (Å²) in [5, 5.41) is 0. The summed E-state index contributed by atoms with van der Waals surface area (Å²) in [6.45, 7) is 1.34. The van der Waals surface area contributed by atoms with Crippen LogP contribution in [0.15, 0.2) is 0 Å². The molecule has 0 amide bonds. The van der Waals surface area contributed by atoms with Gasteiger partial charge in [0.15, 0.2) is 0 Å². The van der Waals surface area contributed by atoms with Gasteiger partial charge in [-0.15, -0.1) is 0 Å². The smallest absolute Gasteiger partial charge is 0.313 e. The number of hydrogen-bond acceptors (Lipinski definition) is 3. The molecule has 0 radical (unpaired) electrons. The molecule has 0 aliphatic heterocycles. The first-order chi connectivity index (χ1) is 3.66. The average Bonchev–Trinajstić information content (AvgIpc) is 1.65. The van der Waals surface area contributed by atoms with Gasteiger partial charge in [0, 0.05) is 19.5 Å². The van der Waals surface area contributed by atoms with Crippen molar-refractivity contribution in [3.05, 3.63) is 0 Å². The number of ether oxygens (including phenoxy) is 1. The molecule has 3 nitrogen and oxygen atoms in total. The van der Waals surface area contributed by atoms with Crippen molar-refractivity contribution < 1.29 is 33.8 Å². The van der Waals surface area contributed by atoms with Crippen LogP contribution in [0.4, 0.5) is 0 Å². The van der Waals surface area contributed by atoms with Crippen LogP contribution in [0.25, 0.3) is 0 Å². The second-order valence-electron chi connectivity index (χ2n) is 1.45. The standard InChI is InChI=1S/C5H8O3.Zn/c1-4(6)3-5(7)8-2;/h3H2,1-2H3;. The first-order valence-electron chi connectivity index (χ1n) is 2.23. The molecule has 0 saturated heterocycles. The van der Waals surface area contributed by atoms with E-state index in [0.29, 0.717) is 0 Å². The molecule has 0 aromatic rings. The minimum Gasteiger partial charge on any atom is -0.469 e. The number of carbonyl (C=O) groups excluding carboxylic acids is 2. The van der Waals surface area contributed by atoms with Crippen molar-refractivity contribution in [2.75, 3.05) is 7.11 Å². The van der Waals surface area contributed by atoms with E-state index >= 15 is 0 Å². The van der Waals surface area contributed by atoms with Crippen LogP contribution < -0.4 is 0 Å². The summed E-state index contributed by atoms with van der Waals surface area (Å²) in [5.74, 6) is -0.644. The molecule has 0 unspecified atom stereocenters. The van der Waals surface area contributed by atoms with Crippen LogP contribution in [0.1, 0.15) is 13.3 Å². The summed E-state index contributed by atoms with van der Waals surface area (Å²) in [4.78, 5) is 20.3. The van der Waals surface area contributed by atoms with E-state index in [1.807, 2.05) is 0 Å². The molecule has 0 spiro atoms. The normalized spacial score (nSPS) is 7.33. The third-order valence-corrected chi connectivity index (χ3v) is 0.621. The fourth-order valence-electron chi connectivity index (χ4n) is 0.275. The van der Waals surface area contributed by atoms with Crippen LogP contribution in [-0.2, 0) is 33.8 Å².